The molecule has 0 radical (unpaired) electrons. The molecule has 0 bridgehead atoms. The van der Waals surface area contributed by atoms with Crippen LogP contribution in [0.15, 0.2) is 24.3 Å². The van der Waals surface area contributed by atoms with Gasteiger partial charge in [0.1, 0.15) is 0 Å². The Morgan fingerprint density at radius 3 is 2.61 bits per heavy atom. The van der Waals surface area contributed by atoms with Crippen LogP contribution in [0.25, 0.3) is 0 Å². The molecule has 1 aromatic carbocycles. The van der Waals surface area contributed by atoms with Crippen molar-refractivity contribution in [3.05, 3.63) is 29.8 Å². The first-order valence-corrected chi connectivity index (χ1v) is 9.86. The second kappa shape index (κ2) is 8.87. The molecule has 1 saturated heterocycles. The van der Waals surface area contributed by atoms with Gasteiger partial charge in [0.15, 0.2) is 0 Å². The fraction of sp³-hybridized carbons (Fsp3) is 0.524. The summed E-state index contributed by atoms with van der Waals surface area (Å²) in [6.45, 7) is 3.01. The van der Waals surface area contributed by atoms with Crippen molar-refractivity contribution in [2.24, 2.45) is 5.92 Å². The predicted octanol–water partition coefficient (Wildman–Crippen LogP) is 2.08. The molecular formula is C21H26N4O3. The van der Waals surface area contributed by atoms with Gasteiger partial charge in [-0.25, -0.2) is 0 Å². The molecule has 1 aromatic rings. The van der Waals surface area contributed by atoms with Crippen LogP contribution >= 0.6 is 0 Å². The van der Waals surface area contributed by atoms with E-state index in [0.717, 1.165) is 24.9 Å². The standard InChI is InChI=1S/C21H26N4O3/c1-15(16-5-6-16)24(13-3-11-22)20(27)14-23-21(28)17-7-9-18(10-8-17)25-12-2-4-19(25)26/h7-10,15-16H,2-6,12-14H2,1H3,(H,23,28). The van der Waals surface area contributed by atoms with Crippen LogP contribution in [0.4, 0.5) is 5.69 Å². The Kier molecular flexibility index (Phi) is 6.30. The summed E-state index contributed by atoms with van der Waals surface area (Å²) in [5, 5.41) is 11.5. The summed E-state index contributed by atoms with van der Waals surface area (Å²) in [7, 11) is 0. The average molecular weight is 382 g/mol. The molecule has 1 aliphatic carbocycles. The van der Waals surface area contributed by atoms with Gasteiger partial charge in [-0.3, -0.25) is 14.4 Å². The van der Waals surface area contributed by atoms with Crippen LogP contribution in [0.1, 0.15) is 49.4 Å². The first kappa shape index (κ1) is 19.9. The van der Waals surface area contributed by atoms with E-state index in [1.807, 2.05) is 6.92 Å². The smallest absolute Gasteiger partial charge is 0.251 e. The highest BCUT2D eigenvalue weighted by Crippen LogP contribution is 2.35. The first-order valence-electron chi connectivity index (χ1n) is 9.86. The van der Waals surface area contributed by atoms with Crippen molar-refractivity contribution in [3.8, 4) is 6.07 Å². The van der Waals surface area contributed by atoms with E-state index >= 15 is 0 Å². The van der Waals surface area contributed by atoms with Crippen molar-refractivity contribution in [2.75, 3.05) is 24.5 Å². The van der Waals surface area contributed by atoms with Gasteiger partial charge in [0.2, 0.25) is 11.8 Å². The molecule has 3 amide bonds. The third-order valence-corrected chi connectivity index (χ3v) is 5.50. The molecular weight excluding hydrogens is 356 g/mol. The summed E-state index contributed by atoms with van der Waals surface area (Å²) in [5.74, 6) is 0.110. The molecule has 148 valence electrons. The number of hydrogen-bond donors (Lipinski definition) is 1. The van der Waals surface area contributed by atoms with Crippen molar-refractivity contribution in [2.45, 2.75) is 45.1 Å². The number of nitriles is 1. The fourth-order valence-electron chi connectivity index (χ4n) is 3.63. The molecule has 1 N–H and O–H groups in total. The van der Waals surface area contributed by atoms with Crippen LogP contribution in [-0.4, -0.2) is 48.3 Å². The maximum atomic E-state index is 12.6. The summed E-state index contributed by atoms with van der Waals surface area (Å²) in [6, 6.07) is 9.02. The van der Waals surface area contributed by atoms with Gasteiger partial charge in [-0.15, -0.1) is 0 Å². The fourth-order valence-corrected chi connectivity index (χ4v) is 3.63. The largest absolute Gasteiger partial charge is 0.343 e. The summed E-state index contributed by atoms with van der Waals surface area (Å²) < 4.78 is 0. The molecule has 28 heavy (non-hydrogen) atoms. The lowest BCUT2D eigenvalue weighted by atomic mass is 10.1. The molecule has 1 unspecified atom stereocenters. The predicted molar refractivity (Wildman–Crippen MR) is 104 cm³/mol. The molecule has 1 aliphatic heterocycles. The number of anilines is 1. The molecule has 1 saturated carbocycles. The number of carbonyl (C=O) groups is 3. The SMILES string of the molecule is CC(C1CC1)N(CCC#N)C(=O)CNC(=O)c1ccc(N2CCCC2=O)cc1. The summed E-state index contributed by atoms with van der Waals surface area (Å²) in [6.07, 6.45) is 3.91. The van der Waals surface area contributed by atoms with E-state index in [-0.39, 0.29) is 36.7 Å². The maximum absolute atomic E-state index is 12.6. The van der Waals surface area contributed by atoms with Gasteiger partial charge in [0, 0.05) is 36.8 Å². The monoisotopic (exact) mass is 382 g/mol. The molecule has 1 heterocycles. The van der Waals surface area contributed by atoms with Crippen molar-refractivity contribution in [1.82, 2.24) is 10.2 Å². The van der Waals surface area contributed by atoms with E-state index in [1.54, 1.807) is 34.1 Å². The van der Waals surface area contributed by atoms with E-state index < -0.39 is 0 Å². The normalized spacial score (nSPS) is 17.1. The van der Waals surface area contributed by atoms with Crippen LogP contribution in [0.3, 0.4) is 0 Å². The minimum absolute atomic E-state index is 0.0896. The number of nitrogens with zero attached hydrogens (tertiary/aromatic N) is 3. The highest BCUT2D eigenvalue weighted by molar-refractivity contribution is 5.98. The number of hydrogen-bond acceptors (Lipinski definition) is 4. The van der Waals surface area contributed by atoms with E-state index in [0.29, 0.717) is 31.0 Å². The van der Waals surface area contributed by atoms with E-state index in [4.69, 9.17) is 5.26 Å². The second-order valence-electron chi connectivity index (χ2n) is 7.45. The van der Waals surface area contributed by atoms with Gasteiger partial charge in [-0.1, -0.05) is 0 Å². The van der Waals surface area contributed by atoms with Crippen molar-refractivity contribution < 1.29 is 14.4 Å². The third kappa shape index (κ3) is 4.69. The molecule has 2 aliphatic rings. The lowest BCUT2D eigenvalue weighted by molar-refractivity contribution is -0.132. The minimum atomic E-state index is -0.327. The van der Waals surface area contributed by atoms with Gasteiger partial charge >= 0.3 is 0 Å². The maximum Gasteiger partial charge on any atom is 0.251 e. The van der Waals surface area contributed by atoms with Gasteiger partial charge in [0.25, 0.3) is 5.91 Å². The highest BCUT2D eigenvalue weighted by atomic mass is 16.2. The minimum Gasteiger partial charge on any atom is -0.343 e. The summed E-state index contributed by atoms with van der Waals surface area (Å²) >= 11 is 0. The molecule has 1 atom stereocenters. The van der Waals surface area contributed by atoms with Crippen molar-refractivity contribution in [3.63, 3.8) is 0 Å². The summed E-state index contributed by atoms with van der Waals surface area (Å²) in [5.41, 5.74) is 1.23. The van der Waals surface area contributed by atoms with Gasteiger partial charge in [-0.05, 0) is 56.4 Å². The molecule has 7 nitrogen and oxygen atoms in total. The Bertz CT molecular complexity index is 780. The molecule has 0 spiro atoms. The molecule has 7 heteroatoms. The van der Waals surface area contributed by atoms with Crippen LogP contribution < -0.4 is 10.2 Å². The van der Waals surface area contributed by atoms with E-state index in [2.05, 4.69) is 11.4 Å². The lowest BCUT2D eigenvalue weighted by Gasteiger charge is -2.29. The molecule has 0 aromatic heterocycles. The van der Waals surface area contributed by atoms with Crippen LogP contribution in [0.2, 0.25) is 0 Å². The van der Waals surface area contributed by atoms with Gasteiger partial charge < -0.3 is 15.1 Å². The van der Waals surface area contributed by atoms with Crippen LogP contribution in [0.5, 0.6) is 0 Å². The van der Waals surface area contributed by atoms with Crippen LogP contribution in [-0.2, 0) is 9.59 Å². The lowest BCUT2D eigenvalue weighted by Crippen LogP contribution is -2.45. The summed E-state index contributed by atoms with van der Waals surface area (Å²) in [4.78, 5) is 40.2. The van der Waals surface area contributed by atoms with E-state index in [9.17, 15) is 14.4 Å². The Morgan fingerprint density at radius 2 is 2.04 bits per heavy atom. The number of nitrogens with one attached hydrogen (secondary N) is 1. The number of carbonyl (C=O) groups excluding carboxylic acids is 3. The zero-order valence-electron chi connectivity index (χ0n) is 16.2. The molecule has 3 rings (SSSR count). The Hall–Kier alpha value is -2.88. The molecule has 2 fully saturated rings. The Labute approximate surface area is 165 Å². The van der Waals surface area contributed by atoms with Gasteiger partial charge in [-0.2, -0.15) is 5.26 Å². The quantitative estimate of drug-likeness (QED) is 0.745. The third-order valence-electron chi connectivity index (χ3n) is 5.50. The number of benzene rings is 1. The zero-order valence-corrected chi connectivity index (χ0v) is 16.2. The van der Waals surface area contributed by atoms with E-state index in [1.165, 1.54) is 0 Å². The first-order chi connectivity index (χ1) is 13.5. The van der Waals surface area contributed by atoms with Crippen molar-refractivity contribution >= 4 is 23.4 Å². The number of amides is 3. The average Bonchev–Trinajstić information content (AvgIpc) is 3.47. The highest BCUT2D eigenvalue weighted by Gasteiger charge is 2.34. The number of rotatable bonds is 8. The Balaban J connectivity index is 1.55. The zero-order chi connectivity index (χ0) is 20.1. The Morgan fingerprint density at radius 1 is 1.32 bits per heavy atom. The van der Waals surface area contributed by atoms with Gasteiger partial charge in [0.05, 0.1) is 19.0 Å². The second-order valence-corrected chi connectivity index (χ2v) is 7.45. The van der Waals surface area contributed by atoms with Crippen LogP contribution in [0, 0.1) is 17.2 Å². The van der Waals surface area contributed by atoms with Crippen molar-refractivity contribution in [1.29, 1.82) is 5.26 Å². The topological polar surface area (TPSA) is 93.5 Å².